The lowest BCUT2D eigenvalue weighted by Crippen LogP contribution is -2.39. The molecule has 0 aromatic rings. The lowest BCUT2D eigenvalue weighted by molar-refractivity contribution is -0.163. The maximum atomic E-state index is 12.7. The zero-order chi connectivity index (χ0) is 23.1. The molecule has 0 aromatic heterocycles. The van der Waals surface area contributed by atoms with E-state index in [0.717, 1.165) is 32.1 Å². The summed E-state index contributed by atoms with van der Waals surface area (Å²) in [4.78, 5) is 25.2. The summed E-state index contributed by atoms with van der Waals surface area (Å²) in [5, 5.41) is 0. The molecule has 2 rings (SSSR count). The van der Waals surface area contributed by atoms with Crippen molar-refractivity contribution in [2.75, 3.05) is 25.6 Å². The van der Waals surface area contributed by atoms with E-state index >= 15 is 0 Å². The average molecular weight is 463 g/mol. The largest absolute Gasteiger partial charge is 0.465 e. The van der Waals surface area contributed by atoms with E-state index in [1.165, 1.54) is 0 Å². The summed E-state index contributed by atoms with van der Waals surface area (Å²) in [6.45, 7) is 7.95. The highest BCUT2D eigenvalue weighted by atomic mass is 32.2. The Bertz CT molecular complexity index is 707. The lowest BCUT2D eigenvalue weighted by atomic mass is 9.72. The first kappa shape index (κ1) is 26.1. The van der Waals surface area contributed by atoms with Crippen LogP contribution in [0, 0.1) is 10.8 Å². The fraction of sp³-hybridized carbons (Fsp3) is 0.909. The minimum absolute atomic E-state index is 0.00836. The molecule has 1 saturated carbocycles. The number of epoxide rings is 1. The predicted octanol–water partition coefficient (Wildman–Crippen LogP) is 3.37. The molecule has 1 heterocycles. The van der Waals surface area contributed by atoms with E-state index in [2.05, 4.69) is 0 Å². The molecule has 180 valence electrons. The highest BCUT2D eigenvalue weighted by Crippen LogP contribution is 2.38. The van der Waals surface area contributed by atoms with Crippen molar-refractivity contribution in [1.29, 1.82) is 0 Å². The van der Waals surface area contributed by atoms with Crippen LogP contribution in [0.3, 0.4) is 0 Å². The maximum absolute atomic E-state index is 12.7. The lowest BCUT2D eigenvalue weighted by Gasteiger charge is -2.33. The summed E-state index contributed by atoms with van der Waals surface area (Å²) in [6, 6.07) is 0. The van der Waals surface area contributed by atoms with Crippen LogP contribution >= 0.6 is 0 Å². The van der Waals surface area contributed by atoms with Crippen LogP contribution in [0.25, 0.3) is 0 Å². The van der Waals surface area contributed by atoms with Crippen LogP contribution in [0.1, 0.15) is 79.1 Å². The minimum atomic E-state index is -3.63. The van der Waals surface area contributed by atoms with Crippen molar-refractivity contribution in [1.82, 2.24) is 0 Å². The van der Waals surface area contributed by atoms with E-state index in [-0.39, 0.29) is 50.0 Å². The first-order valence-corrected chi connectivity index (χ1v) is 12.9. The molecule has 2 unspecified atom stereocenters. The smallest absolute Gasteiger partial charge is 0.311 e. The average Bonchev–Trinajstić information content (AvgIpc) is 3.53. The second-order valence-electron chi connectivity index (χ2n) is 9.64. The first-order chi connectivity index (χ1) is 14.5. The van der Waals surface area contributed by atoms with Crippen LogP contribution in [0.4, 0.5) is 0 Å². The maximum Gasteiger partial charge on any atom is 0.311 e. The minimum Gasteiger partial charge on any atom is -0.465 e. The van der Waals surface area contributed by atoms with Gasteiger partial charge >= 0.3 is 11.9 Å². The van der Waals surface area contributed by atoms with Gasteiger partial charge in [0.2, 0.25) is 0 Å². The Hall–Kier alpha value is -1.19. The summed E-state index contributed by atoms with van der Waals surface area (Å²) in [7, 11) is -3.63. The number of esters is 2. The summed E-state index contributed by atoms with van der Waals surface area (Å²) < 4.78 is 45.3. The molecular weight excluding hydrogens is 424 g/mol. The Labute approximate surface area is 186 Å². The van der Waals surface area contributed by atoms with Crippen molar-refractivity contribution < 1.29 is 36.4 Å². The van der Waals surface area contributed by atoms with Crippen LogP contribution in [0.2, 0.25) is 0 Å². The van der Waals surface area contributed by atoms with Crippen molar-refractivity contribution in [3.05, 3.63) is 0 Å². The van der Waals surface area contributed by atoms with E-state index in [1.54, 1.807) is 20.8 Å². The van der Waals surface area contributed by atoms with E-state index in [9.17, 15) is 18.0 Å². The number of ether oxygens (including phenoxy) is 3. The molecule has 0 spiro atoms. The summed E-state index contributed by atoms with van der Waals surface area (Å²) >= 11 is 0. The molecule has 1 saturated heterocycles. The Morgan fingerprint density at radius 3 is 2.26 bits per heavy atom. The highest BCUT2D eigenvalue weighted by molar-refractivity contribution is 7.86. The number of hydrogen-bond donors (Lipinski definition) is 0. The van der Waals surface area contributed by atoms with Crippen molar-refractivity contribution in [2.24, 2.45) is 10.8 Å². The van der Waals surface area contributed by atoms with E-state index in [1.807, 2.05) is 6.92 Å². The monoisotopic (exact) mass is 462 g/mol. The second kappa shape index (κ2) is 11.1. The molecule has 2 aliphatic rings. The molecule has 0 radical (unpaired) electrons. The second-order valence-corrected chi connectivity index (χ2v) is 11.4. The number of carbonyl (C=O) groups excluding carboxylic acids is 2. The van der Waals surface area contributed by atoms with Gasteiger partial charge in [0.15, 0.2) is 0 Å². The van der Waals surface area contributed by atoms with Crippen LogP contribution in [0.15, 0.2) is 0 Å². The molecule has 8 nitrogen and oxygen atoms in total. The third-order valence-corrected chi connectivity index (χ3v) is 7.42. The van der Waals surface area contributed by atoms with Crippen molar-refractivity contribution in [3.63, 3.8) is 0 Å². The van der Waals surface area contributed by atoms with Gasteiger partial charge in [-0.3, -0.25) is 13.8 Å². The van der Waals surface area contributed by atoms with Gasteiger partial charge in [-0.1, -0.05) is 26.2 Å². The highest BCUT2D eigenvalue weighted by Gasteiger charge is 2.43. The molecule has 0 N–H and O–H groups in total. The molecule has 9 heteroatoms. The van der Waals surface area contributed by atoms with E-state index in [4.69, 9.17) is 18.4 Å². The summed E-state index contributed by atoms with van der Waals surface area (Å²) in [5.41, 5.74) is -1.74. The van der Waals surface area contributed by atoms with Gasteiger partial charge in [-0.05, 0) is 52.9 Å². The van der Waals surface area contributed by atoms with Gasteiger partial charge in [0.25, 0.3) is 10.1 Å². The molecule has 0 amide bonds. The SMILES string of the molecule is CCC(C)(CC(C)(C)C(=O)OCC1CO1)C(=O)OCCCS(=O)(=O)OC1CCCCC1. The van der Waals surface area contributed by atoms with E-state index in [0.29, 0.717) is 13.0 Å². The third kappa shape index (κ3) is 8.69. The Morgan fingerprint density at radius 1 is 1.03 bits per heavy atom. The topological polar surface area (TPSA) is 108 Å². The zero-order valence-electron chi connectivity index (χ0n) is 19.3. The van der Waals surface area contributed by atoms with Crippen LogP contribution in [-0.4, -0.2) is 58.1 Å². The van der Waals surface area contributed by atoms with Crippen molar-refractivity contribution in [3.8, 4) is 0 Å². The predicted molar refractivity (Wildman–Crippen MR) is 115 cm³/mol. The van der Waals surface area contributed by atoms with Crippen LogP contribution in [-0.2, 0) is 38.1 Å². The Kier molecular flexibility index (Phi) is 9.33. The van der Waals surface area contributed by atoms with Gasteiger partial charge in [0, 0.05) is 0 Å². The molecule has 0 bridgehead atoms. The first-order valence-electron chi connectivity index (χ1n) is 11.3. The van der Waals surface area contributed by atoms with Gasteiger partial charge in [0.05, 0.1) is 35.9 Å². The van der Waals surface area contributed by atoms with Gasteiger partial charge in [-0.25, -0.2) is 0 Å². The van der Waals surface area contributed by atoms with Gasteiger partial charge in [-0.15, -0.1) is 0 Å². The van der Waals surface area contributed by atoms with Gasteiger partial charge in [0.1, 0.15) is 12.7 Å². The Morgan fingerprint density at radius 2 is 1.68 bits per heavy atom. The molecule has 1 aliphatic carbocycles. The van der Waals surface area contributed by atoms with Gasteiger partial charge in [-0.2, -0.15) is 8.42 Å². The quantitative estimate of drug-likeness (QED) is 0.177. The number of carbonyl (C=O) groups is 2. The fourth-order valence-electron chi connectivity index (χ4n) is 3.91. The van der Waals surface area contributed by atoms with Crippen LogP contribution in [0.5, 0.6) is 0 Å². The third-order valence-electron chi connectivity index (χ3n) is 6.07. The zero-order valence-corrected chi connectivity index (χ0v) is 20.1. The Balaban J connectivity index is 1.77. The summed E-state index contributed by atoms with van der Waals surface area (Å²) in [6.07, 6.45) is 5.34. The summed E-state index contributed by atoms with van der Waals surface area (Å²) in [5.74, 6) is -0.992. The van der Waals surface area contributed by atoms with Gasteiger partial charge < -0.3 is 14.2 Å². The van der Waals surface area contributed by atoms with Crippen molar-refractivity contribution in [2.45, 2.75) is 91.3 Å². The molecular formula is C22H38O8S. The standard InChI is InChI=1S/C22H38O8S/c1-5-22(4,16-21(2,3)19(23)29-15-18-14-28-18)20(24)27-12-9-13-31(25,26)30-17-10-7-6-8-11-17/h17-18H,5-16H2,1-4H3. The molecule has 1 aliphatic heterocycles. The molecule has 2 fully saturated rings. The van der Waals surface area contributed by atoms with Crippen LogP contribution < -0.4 is 0 Å². The molecule has 31 heavy (non-hydrogen) atoms. The number of hydrogen-bond acceptors (Lipinski definition) is 8. The number of rotatable bonds is 13. The van der Waals surface area contributed by atoms with Crippen molar-refractivity contribution >= 4 is 22.1 Å². The molecule has 2 atom stereocenters. The normalized spacial score (nSPS) is 21.9. The molecule has 0 aromatic carbocycles. The van der Waals surface area contributed by atoms with E-state index < -0.39 is 26.9 Å². The fourth-order valence-corrected chi connectivity index (χ4v) is 5.08.